The Labute approximate surface area is 83.3 Å². The summed E-state index contributed by atoms with van der Waals surface area (Å²) in [7, 11) is -3.26. The molecule has 0 aliphatic heterocycles. The van der Waals surface area contributed by atoms with Gasteiger partial charge in [0, 0.05) is 18.6 Å². The van der Waals surface area contributed by atoms with E-state index >= 15 is 0 Å². The van der Waals surface area contributed by atoms with Crippen LogP contribution < -0.4 is 0 Å². The molecule has 0 unspecified atom stereocenters. The third kappa shape index (κ3) is 1.77. The highest BCUT2D eigenvalue weighted by atomic mass is 32.2. The molecular weight excluding hydrogens is 200 g/mol. The van der Waals surface area contributed by atoms with E-state index in [0.29, 0.717) is 5.92 Å². The van der Waals surface area contributed by atoms with Crippen molar-refractivity contribution in [3.63, 3.8) is 0 Å². The monoisotopic (exact) mass is 212 g/mol. The Balaban J connectivity index is 2.26. The van der Waals surface area contributed by atoms with Crippen LogP contribution in [-0.2, 0) is 9.84 Å². The van der Waals surface area contributed by atoms with E-state index in [9.17, 15) is 8.42 Å². The summed E-state index contributed by atoms with van der Waals surface area (Å²) in [5.41, 5.74) is 1.06. The van der Waals surface area contributed by atoms with Crippen LogP contribution in [0, 0.1) is 0 Å². The summed E-state index contributed by atoms with van der Waals surface area (Å²) in [6.45, 7) is 0. The molecule has 1 aromatic heterocycles. The van der Waals surface area contributed by atoms with Crippen molar-refractivity contribution in [2.45, 2.75) is 30.3 Å². The highest BCUT2D eigenvalue weighted by Crippen LogP contribution is 2.35. The number of hydrogen-bond acceptors (Lipinski definition) is 4. The highest BCUT2D eigenvalue weighted by molar-refractivity contribution is 7.90. The maximum Gasteiger partial charge on any atom is 0.246 e. The molecule has 1 fully saturated rings. The van der Waals surface area contributed by atoms with Crippen molar-refractivity contribution in [2.24, 2.45) is 0 Å². The molecule has 0 spiro atoms. The Morgan fingerprint density at radius 1 is 1.29 bits per heavy atom. The third-order valence-electron chi connectivity index (χ3n) is 2.56. The Bertz CT molecular complexity index is 421. The van der Waals surface area contributed by atoms with E-state index in [1.54, 1.807) is 12.4 Å². The molecule has 0 radical (unpaired) electrons. The van der Waals surface area contributed by atoms with E-state index in [1.165, 1.54) is 19.3 Å². The lowest BCUT2D eigenvalue weighted by Crippen LogP contribution is -2.11. The zero-order chi connectivity index (χ0) is 10.2. The van der Waals surface area contributed by atoms with Gasteiger partial charge in [-0.2, -0.15) is 0 Å². The molecule has 1 saturated carbocycles. The van der Waals surface area contributed by atoms with Crippen LogP contribution in [0.5, 0.6) is 0 Å². The molecule has 0 saturated heterocycles. The first-order valence-corrected chi connectivity index (χ1v) is 6.48. The predicted octanol–water partition coefficient (Wildman–Crippen LogP) is 1.15. The van der Waals surface area contributed by atoms with E-state index in [4.69, 9.17) is 0 Å². The first-order chi connectivity index (χ1) is 6.57. The summed E-state index contributed by atoms with van der Waals surface area (Å²) >= 11 is 0. The fourth-order valence-corrected chi connectivity index (χ4v) is 1.96. The molecule has 0 N–H and O–H groups in total. The Kier molecular flexibility index (Phi) is 2.26. The molecule has 0 aromatic carbocycles. The lowest BCUT2D eigenvalue weighted by Gasteiger charge is -2.24. The van der Waals surface area contributed by atoms with Gasteiger partial charge in [-0.05, 0) is 24.3 Å². The molecule has 76 valence electrons. The van der Waals surface area contributed by atoms with Gasteiger partial charge in [0.1, 0.15) is 0 Å². The van der Waals surface area contributed by atoms with Crippen LogP contribution >= 0.6 is 0 Å². The van der Waals surface area contributed by atoms with Crippen molar-refractivity contribution in [3.8, 4) is 0 Å². The first-order valence-electron chi connectivity index (χ1n) is 4.59. The van der Waals surface area contributed by atoms with Crippen LogP contribution in [0.4, 0.5) is 0 Å². The maximum absolute atomic E-state index is 11.1. The normalized spacial score (nSPS) is 17.8. The standard InChI is InChI=1S/C9H12N2O2S/c1-14(12,13)9-10-5-8(6-11-9)7-3-2-4-7/h5-7H,2-4H2,1H3. The Morgan fingerprint density at radius 3 is 2.21 bits per heavy atom. The summed E-state index contributed by atoms with van der Waals surface area (Å²) in [4.78, 5) is 7.71. The van der Waals surface area contributed by atoms with Crippen LogP contribution in [0.1, 0.15) is 30.7 Å². The molecule has 0 atom stereocenters. The average molecular weight is 212 g/mol. The quantitative estimate of drug-likeness (QED) is 0.690. The second kappa shape index (κ2) is 3.31. The molecule has 4 nitrogen and oxygen atoms in total. The minimum atomic E-state index is -3.26. The zero-order valence-electron chi connectivity index (χ0n) is 7.97. The number of sulfone groups is 1. The fourth-order valence-electron chi connectivity index (χ4n) is 1.47. The molecule has 1 aliphatic rings. The summed E-state index contributed by atoms with van der Waals surface area (Å²) in [6.07, 6.45) is 7.97. The van der Waals surface area contributed by atoms with Gasteiger partial charge in [0.05, 0.1) is 0 Å². The molecule has 1 aromatic rings. The summed E-state index contributed by atoms with van der Waals surface area (Å²) in [5.74, 6) is 0.545. The largest absolute Gasteiger partial charge is 0.246 e. The van der Waals surface area contributed by atoms with Crippen molar-refractivity contribution >= 4 is 9.84 Å². The Morgan fingerprint density at radius 2 is 1.86 bits per heavy atom. The van der Waals surface area contributed by atoms with Crippen molar-refractivity contribution in [1.82, 2.24) is 9.97 Å². The van der Waals surface area contributed by atoms with Gasteiger partial charge in [0.2, 0.25) is 15.0 Å². The van der Waals surface area contributed by atoms with E-state index in [0.717, 1.165) is 11.8 Å². The molecule has 1 heterocycles. The van der Waals surface area contributed by atoms with Gasteiger partial charge in [-0.1, -0.05) is 6.42 Å². The number of hydrogen-bond donors (Lipinski definition) is 0. The average Bonchev–Trinajstić information content (AvgIpc) is 2.00. The lowest BCUT2D eigenvalue weighted by molar-refractivity contribution is 0.416. The smallest absolute Gasteiger partial charge is 0.227 e. The van der Waals surface area contributed by atoms with Crippen molar-refractivity contribution in [3.05, 3.63) is 18.0 Å². The molecular formula is C9H12N2O2S. The van der Waals surface area contributed by atoms with E-state index < -0.39 is 9.84 Å². The lowest BCUT2D eigenvalue weighted by atomic mass is 9.81. The zero-order valence-corrected chi connectivity index (χ0v) is 8.79. The van der Waals surface area contributed by atoms with Gasteiger partial charge in [-0.15, -0.1) is 0 Å². The van der Waals surface area contributed by atoms with E-state index in [-0.39, 0.29) is 5.16 Å². The molecule has 2 rings (SSSR count). The highest BCUT2D eigenvalue weighted by Gasteiger charge is 2.20. The van der Waals surface area contributed by atoms with E-state index in [1.807, 2.05) is 0 Å². The van der Waals surface area contributed by atoms with Crippen molar-refractivity contribution in [1.29, 1.82) is 0 Å². The fraction of sp³-hybridized carbons (Fsp3) is 0.556. The van der Waals surface area contributed by atoms with Crippen LogP contribution in [0.15, 0.2) is 17.6 Å². The second-order valence-electron chi connectivity index (χ2n) is 3.70. The second-order valence-corrected chi connectivity index (χ2v) is 5.61. The van der Waals surface area contributed by atoms with Gasteiger partial charge < -0.3 is 0 Å². The van der Waals surface area contributed by atoms with Crippen molar-refractivity contribution in [2.75, 3.05) is 6.26 Å². The molecule has 14 heavy (non-hydrogen) atoms. The summed E-state index contributed by atoms with van der Waals surface area (Å²) < 4.78 is 22.1. The minimum Gasteiger partial charge on any atom is -0.227 e. The van der Waals surface area contributed by atoms with Crippen LogP contribution in [0.2, 0.25) is 0 Å². The SMILES string of the molecule is CS(=O)(=O)c1ncc(C2CCC2)cn1. The van der Waals surface area contributed by atoms with Crippen LogP contribution in [0.3, 0.4) is 0 Å². The summed E-state index contributed by atoms with van der Waals surface area (Å²) in [6, 6.07) is 0. The van der Waals surface area contributed by atoms with Gasteiger partial charge in [0.25, 0.3) is 0 Å². The first kappa shape index (κ1) is 9.58. The third-order valence-corrected chi connectivity index (χ3v) is 3.43. The molecule has 5 heteroatoms. The van der Waals surface area contributed by atoms with Crippen LogP contribution in [-0.4, -0.2) is 24.6 Å². The molecule has 0 bridgehead atoms. The number of rotatable bonds is 2. The van der Waals surface area contributed by atoms with Gasteiger partial charge >= 0.3 is 0 Å². The van der Waals surface area contributed by atoms with Gasteiger partial charge in [0.15, 0.2) is 0 Å². The maximum atomic E-state index is 11.1. The molecule has 1 aliphatic carbocycles. The minimum absolute atomic E-state index is 0.0828. The van der Waals surface area contributed by atoms with Gasteiger partial charge in [-0.25, -0.2) is 18.4 Å². The predicted molar refractivity (Wildman–Crippen MR) is 51.7 cm³/mol. The topological polar surface area (TPSA) is 59.9 Å². The summed E-state index contributed by atoms with van der Waals surface area (Å²) in [5, 5.41) is -0.0828. The van der Waals surface area contributed by atoms with Crippen molar-refractivity contribution < 1.29 is 8.42 Å². The van der Waals surface area contributed by atoms with Crippen LogP contribution in [0.25, 0.3) is 0 Å². The molecule has 0 amide bonds. The van der Waals surface area contributed by atoms with Gasteiger partial charge in [-0.3, -0.25) is 0 Å². The van der Waals surface area contributed by atoms with E-state index in [2.05, 4.69) is 9.97 Å². The Hall–Kier alpha value is -0.970. The number of aromatic nitrogens is 2. The number of nitrogens with zero attached hydrogens (tertiary/aromatic N) is 2.